The van der Waals surface area contributed by atoms with Gasteiger partial charge in [-0.2, -0.15) is 0 Å². The van der Waals surface area contributed by atoms with Gasteiger partial charge in [0.1, 0.15) is 0 Å². The van der Waals surface area contributed by atoms with Crippen LogP contribution in [-0.4, -0.2) is 42.4 Å². The molecule has 1 fully saturated rings. The molecule has 1 aromatic carbocycles. The first-order chi connectivity index (χ1) is 9.69. The molecule has 1 atom stereocenters. The van der Waals surface area contributed by atoms with Gasteiger partial charge < -0.3 is 4.90 Å². The van der Waals surface area contributed by atoms with Gasteiger partial charge in [-0.15, -0.1) is 0 Å². The molecule has 3 heteroatoms. The van der Waals surface area contributed by atoms with E-state index < -0.39 is 0 Å². The van der Waals surface area contributed by atoms with Crippen molar-refractivity contribution in [2.45, 2.75) is 43.9 Å². The Bertz CT molecular complexity index is 384. The largest absolute Gasteiger partial charge is 0.302 e. The van der Waals surface area contributed by atoms with Crippen LogP contribution >= 0.6 is 11.9 Å². The molecule has 2 nitrogen and oxygen atoms in total. The van der Waals surface area contributed by atoms with E-state index in [1.807, 2.05) is 11.9 Å². The zero-order chi connectivity index (χ0) is 14.4. The Kier molecular flexibility index (Phi) is 6.40. The first kappa shape index (κ1) is 15.9. The minimum Gasteiger partial charge on any atom is -0.302 e. The predicted octanol–water partition coefficient (Wildman–Crippen LogP) is 4.23. The van der Waals surface area contributed by atoms with E-state index in [9.17, 15) is 0 Å². The number of benzene rings is 1. The van der Waals surface area contributed by atoms with Crippen LogP contribution in [-0.2, 0) is 0 Å². The minimum atomic E-state index is 0.668. The van der Waals surface area contributed by atoms with Gasteiger partial charge in [0, 0.05) is 18.0 Å². The lowest BCUT2D eigenvalue weighted by molar-refractivity contribution is 0.317. The van der Waals surface area contributed by atoms with Gasteiger partial charge in [-0.25, -0.2) is 4.31 Å². The first-order valence-corrected chi connectivity index (χ1v) is 8.67. The molecule has 0 saturated carbocycles. The molecule has 112 valence electrons. The van der Waals surface area contributed by atoms with Gasteiger partial charge in [0.15, 0.2) is 0 Å². The second kappa shape index (κ2) is 8.06. The molecule has 0 amide bonds. The molecule has 0 spiro atoms. The van der Waals surface area contributed by atoms with Crippen molar-refractivity contribution in [2.24, 2.45) is 0 Å². The van der Waals surface area contributed by atoms with Crippen molar-refractivity contribution in [1.82, 2.24) is 9.21 Å². The molecule has 1 heterocycles. The Morgan fingerprint density at radius 2 is 1.85 bits per heavy atom. The highest BCUT2D eigenvalue weighted by Crippen LogP contribution is 2.25. The number of likely N-dealkylation sites (N-methyl/N-ethyl adjacent to an activating group) is 1. The van der Waals surface area contributed by atoms with Crippen molar-refractivity contribution in [1.29, 1.82) is 0 Å². The van der Waals surface area contributed by atoms with E-state index in [4.69, 9.17) is 0 Å². The number of hydrogen-bond acceptors (Lipinski definition) is 3. The third kappa shape index (κ3) is 4.80. The van der Waals surface area contributed by atoms with Gasteiger partial charge in [-0.05, 0) is 75.0 Å². The lowest BCUT2D eigenvalue weighted by Gasteiger charge is -2.20. The topological polar surface area (TPSA) is 6.48 Å². The Balaban J connectivity index is 1.76. The molecule has 1 aliphatic rings. The zero-order valence-corrected chi connectivity index (χ0v) is 14.0. The van der Waals surface area contributed by atoms with E-state index >= 15 is 0 Å². The summed E-state index contributed by atoms with van der Waals surface area (Å²) in [6, 6.07) is 9.09. The molecule has 2 rings (SSSR count). The van der Waals surface area contributed by atoms with Crippen LogP contribution in [0.15, 0.2) is 29.2 Å². The highest BCUT2D eigenvalue weighted by Gasteiger charge is 2.12. The van der Waals surface area contributed by atoms with E-state index in [1.165, 1.54) is 49.4 Å². The van der Waals surface area contributed by atoms with E-state index in [1.54, 1.807) is 0 Å². The van der Waals surface area contributed by atoms with Gasteiger partial charge in [0.05, 0.1) is 0 Å². The molecule has 0 radical (unpaired) electrons. The van der Waals surface area contributed by atoms with E-state index in [0.29, 0.717) is 5.92 Å². The van der Waals surface area contributed by atoms with Crippen molar-refractivity contribution >= 4 is 11.9 Å². The van der Waals surface area contributed by atoms with Crippen LogP contribution in [0.5, 0.6) is 0 Å². The number of hydrogen-bond donors (Lipinski definition) is 0. The van der Waals surface area contributed by atoms with E-state index in [2.05, 4.69) is 54.4 Å². The van der Waals surface area contributed by atoms with Crippen LogP contribution in [0.4, 0.5) is 0 Å². The van der Waals surface area contributed by atoms with Crippen LogP contribution in [0, 0.1) is 0 Å². The monoisotopic (exact) mass is 292 g/mol. The first-order valence-electron chi connectivity index (χ1n) is 7.90. The fraction of sp³-hybridized carbons (Fsp3) is 0.647. The SMILES string of the molecule is CCC(C)c1ccc(SN(C)CCN2CCCC2)cc1. The van der Waals surface area contributed by atoms with Crippen molar-refractivity contribution < 1.29 is 0 Å². The molecule has 0 N–H and O–H groups in total. The van der Waals surface area contributed by atoms with E-state index in [-0.39, 0.29) is 0 Å². The molecular formula is C17H28N2S. The van der Waals surface area contributed by atoms with E-state index in [0.717, 1.165) is 6.54 Å². The summed E-state index contributed by atoms with van der Waals surface area (Å²) in [6.07, 6.45) is 3.98. The Morgan fingerprint density at radius 1 is 1.20 bits per heavy atom. The summed E-state index contributed by atoms with van der Waals surface area (Å²) in [7, 11) is 2.20. The van der Waals surface area contributed by atoms with Gasteiger partial charge in [0.2, 0.25) is 0 Å². The maximum atomic E-state index is 2.57. The van der Waals surface area contributed by atoms with Crippen molar-refractivity contribution in [2.75, 3.05) is 33.2 Å². The van der Waals surface area contributed by atoms with Crippen LogP contribution < -0.4 is 0 Å². The van der Waals surface area contributed by atoms with Crippen LogP contribution in [0.1, 0.15) is 44.6 Å². The van der Waals surface area contributed by atoms with Crippen LogP contribution in [0.2, 0.25) is 0 Å². The maximum Gasteiger partial charge on any atom is 0.0230 e. The fourth-order valence-corrected chi connectivity index (χ4v) is 3.40. The van der Waals surface area contributed by atoms with Crippen LogP contribution in [0.25, 0.3) is 0 Å². The molecule has 0 bridgehead atoms. The molecule has 1 saturated heterocycles. The molecule has 1 aromatic rings. The van der Waals surface area contributed by atoms with Crippen LogP contribution in [0.3, 0.4) is 0 Å². The van der Waals surface area contributed by atoms with Crippen molar-refractivity contribution in [3.05, 3.63) is 29.8 Å². The second-order valence-electron chi connectivity index (χ2n) is 5.87. The second-order valence-corrected chi connectivity index (χ2v) is 7.15. The standard InChI is InChI=1S/C17H28N2S/c1-4-15(2)16-7-9-17(10-8-16)20-18(3)13-14-19-11-5-6-12-19/h7-10,15H,4-6,11-14H2,1-3H3. The molecule has 1 unspecified atom stereocenters. The quantitative estimate of drug-likeness (QED) is 0.694. The number of rotatable bonds is 7. The van der Waals surface area contributed by atoms with Crippen molar-refractivity contribution in [3.8, 4) is 0 Å². The Morgan fingerprint density at radius 3 is 2.45 bits per heavy atom. The molecule has 20 heavy (non-hydrogen) atoms. The summed E-state index contributed by atoms with van der Waals surface area (Å²) in [5.74, 6) is 0.668. The summed E-state index contributed by atoms with van der Waals surface area (Å²) < 4.78 is 2.36. The minimum absolute atomic E-state index is 0.668. The van der Waals surface area contributed by atoms with Gasteiger partial charge in [0.25, 0.3) is 0 Å². The summed E-state index contributed by atoms with van der Waals surface area (Å²) in [6.45, 7) is 9.47. The fourth-order valence-electron chi connectivity index (χ4n) is 2.61. The summed E-state index contributed by atoms with van der Waals surface area (Å²) in [4.78, 5) is 3.92. The smallest absolute Gasteiger partial charge is 0.0230 e. The Labute approximate surface area is 128 Å². The maximum absolute atomic E-state index is 2.57. The van der Waals surface area contributed by atoms with Crippen molar-refractivity contribution in [3.63, 3.8) is 0 Å². The average Bonchev–Trinajstić information content (AvgIpc) is 2.98. The normalized spacial score (nSPS) is 17.8. The third-order valence-electron chi connectivity index (χ3n) is 4.25. The highest BCUT2D eigenvalue weighted by molar-refractivity contribution is 7.97. The zero-order valence-electron chi connectivity index (χ0n) is 13.1. The number of likely N-dealkylation sites (tertiary alicyclic amines) is 1. The lowest BCUT2D eigenvalue weighted by Crippen LogP contribution is -2.28. The average molecular weight is 292 g/mol. The Hall–Kier alpha value is -0.510. The van der Waals surface area contributed by atoms with Gasteiger partial charge >= 0.3 is 0 Å². The highest BCUT2D eigenvalue weighted by atomic mass is 32.2. The summed E-state index contributed by atoms with van der Waals surface area (Å²) in [5, 5.41) is 0. The predicted molar refractivity (Wildman–Crippen MR) is 89.3 cm³/mol. The van der Waals surface area contributed by atoms with Gasteiger partial charge in [-0.3, -0.25) is 0 Å². The van der Waals surface area contributed by atoms with Gasteiger partial charge in [-0.1, -0.05) is 26.0 Å². The number of nitrogens with zero attached hydrogens (tertiary/aromatic N) is 2. The summed E-state index contributed by atoms with van der Waals surface area (Å²) in [5.41, 5.74) is 1.46. The summed E-state index contributed by atoms with van der Waals surface area (Å²) >= 11 is 1.86. The third-order valence-corrected chi connectivity index (χ3v) is 5.23. The molecular weight excluding hydrogens is 264 g/mol. The lowest BCUT2D eigenvalue weighted by atomic mass is 9.99. The molecule has 0 aliphatic carbocycles. The molecule has 0 aromatic heterocycles. The molecule has 1 aliphatic heterocycles.